The minimum Gasteiger partial charge on any atom is -0.334 e. The maximum atomic E-state index is 5.57. The van der Waals surface area contributed by atoms with Gasteiger partial charge in [-0.05, 0) is 5.92 Å². The van der Waals surface area contributed by atoms with Crippen molar-refractivity contribution in [1.29, 1.82) is 0 Å². The fourth-order valence-corrected chi connectivity index (χ4v) is 10.0. The molecule has 0 atom stereocenters. The van der Waals surface area contributed by atoms with Gasteiger partial charge in [0.1, 0.15) is 16.1 Å². The average Bonchev–Trinajstić information content (AvgIpc) is 3.00. The molecule has 1 aliphatic heterocycles. The topological polar surface area (TPSA) is 3.24 Å². The van der Waals surface area contributed by atoms with Crippen LogP contribution in [0.15, 0.2) is 8.42 Å². The van der Waals surface area contributed by atoms with Crippen LogP contribution in [-0.2, 0) is 0 Å². The summed E-state index contributed by atoms with van der Waals surface area (Å²) < 4.78 is 4.73. The highest BCUT2D eigenvalue weighted by molar-refractivity contribution is 8.06. The summed E-state index contributed by atoms with van der Waals surface area (Å²) in [6.07, 6.45) is 2.40. The molecule has 0 fully saturated rings. The summed E-state index contributed by atoms with van der Waals surface area (Å²) >= 11 is 13.0. The van der Waals surface area contributed by atoms with Gasteiger partial charge in [-0.3, -0.25) is 0 Å². The molecular formula is C12H13NS7. The predicted octanol–water partition coefficient (Wildman–Crippen LogP) is 7.43. The smallest absolute Gasteiger partial charge is 0.126 e. The number of hydrogen-bond donors (Lipinski definition) is 0. The van der Waals surface area contributed by atoms with Crippen molar-refractivity contribution in [3.63, 3.8) is 0 Å². The molecular weight excluding hydrogens is 383 g/mol. The van der Waals surface area contributed by atoms with E-state index in [1.54, 1.807) is 41.4 Å². The van der Waals surface area contributed by atoms with Crippen LogP contribution in [-0.4, -0.2) is 6.54 Å². The van der Waals surface area contributed by atoms with Crippen molar-refractivity contribution < 1.29 is 0 Å². The fourth-order valence-electron chi connectivity index (χ4n) is 2.23. The highest BCUT2D eigenvalue weighted by Gasteiger charge is 2.30. The first kappa shape index (κ1) is 15.6. The van der Waals surface area contributed by atoms with Crippen LogP contribution in [0.1, 0.15) is 26.7 Å². The molecule has 1 aliphatic rings. The van der Waals surface area contributed by atoms with Crippen LogP contribution < -0.4 is 4.90 Å². The Kier molecular flexibility index (Phi) is 5.01. The number of nitrogens with zero attached hydrogens (tertiary/aromatic N) is 1. The second-order valence-electron chi connectivity index (χ2n) is 4.58. The highest BCUT2D eigenvalue weighted by Crippen LogP contribution is 2.56. The summed E-state index contributed by atoms with van der Waals surface area (Å²) in [7, 11) is 7.04. The summed E-state index contributed by atoms with van der Waals surface area (Å²) in [6, 6.07) is 0. The molecule has 0 unspecified atom stereocenters. The zero-order valence-electron chi connectivity index (χ0n) is 11.0. The second kappa shape index (κ2) is 6.44. The van der Waals surface area contributed by atoms with Crippen LogP contribution in [0.5, 0.6) is 0 Å². The van der Waals surface area contributed by atoms with Crippen LogP contribution in [0.2, 0.25) is 0 Å². The molecule has 1 nitrogen and oxygen atoms in total. The number of rotatable bonds is 4. The summed E-state index contributed by atoms with van der Waals surface area (Å²) in [5, 5.41) is 0. The monoisotopic (exact) mass is 395 g/mol. The van der Waals surface area contributed by atoms with Gasteiger partial charge in [0.2, 0.25) is 0 Å². The lowest BCUT2D eigenvalue weighted by molar-refractivity contribution is 0.499. The Bertz CT molecular complexity index is 660. The van der Waals surface area contributed by atoms with E-state index in [0.717, 1.165) is 14.2 Å². The van der Waals surface area contributed by atoms with Gasteiger partial charge in [0.05, 0.1) is 11.4 Å². The third kappa shape index (κ3) is 2.68. The minimum absolute atomic E-state index is 0.692. The molecule has 8 heteroatoms. The molecule has 3 heterocycles. The minimum atomic E-state index is 0.692. The molecule has 0 radical (unpaired) electrons. The summed E-state index contributed by atoms with van der Waals surface area (Å²) in [5.41, 5.74) is 2.49. The van der Waals surface area contributed by atoms with E-state index in [2.05, 4.69) is 18.7 Å². The van der Waals surface area contributed by atoms with Gasteiger partial charge in [-0.15, -0.1) is 0 Å². The quantitative estimate of drug-likeness (QED) is 0.391. The largest absolute Gasteiger partial charge is 0.334 e. The Labute approximate surface area is 148 Å². The van der Waals surface area contributed by atoms with Gasteiger partial charge in [0, 0.05) is 6.54 Å². The molecule has 0 aliphatic carbocycles. The first-order chi connectivity index (χ1) is 9.65. The average molecular weight is 396 g/mol. The lowest BCUT2D eigenvalue weighted by Crippen LogP contribution is -2.26. The van der Waals surface area contributed by atoms with Crippen molar-refractivity contribution in [2.24, 2.45) is 5.92 Å². The molecule has 0 bridgehead atoms. The molecule has 2 aromatic rings. The third-order valence-corrected chi connectivity index (χ3v) is 11.4. The molecule has 0 aromatic carbocycles. The second-order valence-corrected chi connectivity index (χ2v) is 11.7. The van der Waals surface area contributed by atoms with Gasteiger partial charge in [-0.1, -0.05) is 104 Å². The van der Waals surface area contributed by atoms with E-state index >= 15 is 0 Å². The molecule has 2 aromatic heterocycles. The van der Waals surface area contributed by atoms with Gasteiger partial charge < -0.3 is 4.90 Å². The van der Waals surface area contributed by atoms with Crippen molar-refractivity contribution in [2.45, 2.75) is 35.1 Å². The van der Waals surface area contributed by atoms with Crippen molar-refractivity contribution in [3.8, 4) is 0 Å². The van der Waals surface area contributed by atoms with E-state index in [0.29, 0.717) is 5.92 Å². The van der Waals surface area contributed by atoms with E-state index in [9.17, 15) is 0 Å². The molecule has 0 saturated carbocycles. The highest BCUT2D eigenvalue weighted by atomic mass is 32.9. The Balaban J connectivity index is 2.11. The number of hydrogen-bond acceptors (Lipinski definition) is 8. The van der Waals surface area contributed by atoms with Gasteiger partial charge >= 0.3 is 0 Å². The Hall–Kier alpha value is 0.690. The summed E-state index contributed by atoms with van der Waals surface area (Å²) in [4.78, 5) is 2.42. The molecule has 3 rings (SSSR count). The van der Waals surface area contributed by atoms with Crippen LogP contribution in [0.4, 0.5) is 11.4 Å². The van der Waals surface area contributed by atoms with E-state index in [1.165, 1.54) is 32.6 Å². The molecule has 0 amide bonds. The zero-order valence-corrected chi connectivity index (χ0v) is 16.7. The lowest BCUT2D eigenvalue weighted by atomic mass is 10.0. The first-order valence-electron chi connectivity index (χ1n) is 6.37. The Morgan fingerprint density at radius 2 is 1.40 bits per heavy atom. The van der Waals surface area contributed by atoms with Gasteiger partial charge in [0.15, 0.2) is 0 Å². The van der Waals surface area contributed by atoms with Crippen LogP contribution >= 0.6 is 77.6 Å². The van der Waals surface area contributed by atoms with Crippen LogP contribution in [0, 0.1) is 13.6 Å². The van der Waals surface area contributed by atoms with Crippen molar-refractivity contribution >= 4 is 88.9 Å². The molecule has 0 spiro atoms. The van der Waals surface area contributed by atoms with Crippen molar-refractivity contribution in [1.82, 2.24) is 0 Å². The predicted molar refractivity (Wildman–Crippen MR) is 101 cm³/mol. The first-order valence-corrected chi connectivity index (χ1v) is 12.3. The summed E-state index contributed by atoms with van der Waals surface area (Å²) in [5.74, 6) is 0.692. The van der Waals surface area contributed by atoms with Gasteiger partial charge in [0.25, 0.3) is 0 Å². The molecule has 0 saturated heterocycles. The van der Waals surface area contributed by atoms with Crippen LogP contribution in [0.3, 0.4) is 0 Å². The Morgan fingerprint density at radius 3 is 1.85 bits per heavy atom. The third-order valence-electron chi connectivity index (χ3n) is 3.48. The van der Waals surface area contributed by atoms with E-state index in [4.69, 9.17) is 24.4 Å². The van der Waals surface area contributed by atoms with Crippen molar-refractivity contribution in [2.75, 3.05) is 11.4 Å². The number of fused-ring (bicyclic) bond motifs is 2. The standard InChI is InChI=1S/C12H13NS7/c1-3-6(4-2)5-13-7-9(14)17-19-11(7)16-12-8(13)10(15)18-20-12/h6H,3-5H2,1-2H3. The SMILES string of the molecule is CCC(CC)CN1c2c(ssc2=S)Sc2ssc(=S)c21. The lowest BCUT2D eigenvalue weighted by Gasteiger charge is -2.30. The Morgan fingerprint density at radius 1 is 0.900 bits per heavy atom. The summed E-state index contributed by atoms with van der Waals surface area (Å²) in [6.45, 7) is 5.57. The van der Waals surface area contributed by atoms with E-state index < -0.39 is 0 Å². The zero-order chi connectivity index (χ0) is 14.3. The maximum Gasteiger partial charge on any atom is 0.126 e. The number of anilines is 2. The molecule has 0 N–H and O–H groups in total. The van der Waals surface area contributed by atoms with E-state index in [-0.39, 0.29) is 0 Å². The normalized spacial score (nSPS) is 13.7. The van der Waals surface area contributed by atoms with Crippen molar-refractivity contribution in [3.05, 3.63) is 7.65 Å². The van der Waals surface area contributed by atoms with E-state index in [1.807, 2.05) is 11.8 Å². The van der Waals surface area contributed by atoms with Gasteiger partial charge in [-0.2, -0.15) is 0 Å². The maximum absolute atomic E-state index is 5.57. The molecule has 108 valence electrons. The fraction of sp³-hybridized carbons (Fsp3) is 0.500. The van der Waals surface area contributed by atoms with Gasteiger partial charge in [-0.25, -0.2) is 0 Å². The molecule has 20 heavy (non-hydrogen) atoms. The van der Waals surface area contributed by atoms with Crippen LogP contribution in [0.25, 0.3) is 0 Å².